The first-order valence-electron chi connectivity index (χ1n) is 3.46. The zero-order valence-electron chi connectivity index (χ0n) is 5.67. The molecule has 3 heteroatoms. The second-order valence-electron chi connectivity index (χ2n) is 2.47. The van der Waals surface area contributed by atoms with Crippen molar-refractivity contribution in [3.8, 4) is 0 Å². The number of nitrogens with one attached hydrogen (secondary N) is 1. The van der Waals surface area contributed by atoms with E-state index in [1.807, 2.05) is 12.4 Å². The van der Waals surface area contributed by atoms with Gasteiger partial charge in [-0.1, -0.05) is 0 Å². The molecule has 2 rings (SSSR count). The summed E-state index contributed by atoms with van der Waals surface area (Å²) in [6.07, 6.45) is 4.78. The smallest absolute Gasteiger partial charge is 0.0543 e. The summed E-state index contributed by atoms with van der Waals surface area (Å²) in [5, 5.41) is 10.9. The monoisotopic (exact) mass is 135 g/mol. The third-order valence-electron chi connectivity index (χ3n) is 1.79. The molecule has 0 saturated carbocycles. The van der Waals surface area contributed by atoms with E-state index in [0.717, 1.165) is 19.5 Å². The van der Waals surface area contributed by atoms with Gasteiger partial charge in [-0.15, -0.1) is 0 Å². The summed E-state index contributed by atoms with van der Waals surface area (Å²) in [6.45, 7) is 2.02. The van der Waals surface area contributed by atoms with E-state index in [2.05, 4.69) is 15.5 Å². The van der Waals surface area contributed by atoms with Crippen molar-refractivity contribution >= 4 is 0 Å². The molecule has 0 atom stereocenters. The first-order valence-corrected chi connectivity index (χ1v) is 3.46. The summed E-state index contributed by atoms with van der Waals surface area (Å²) in [7, 11) is 0. The maximum Gasteiger partial charge on any atom is 0.0543 e. The average Bonchev–Trinajstić information content (AvgIpc) is 2.05. The van der Waals surface area contributed by atoms with Gasteiger partial charge in [-0.25, -0.2) is 0 Å². The molecule has 1 aromatic rings. The van der Waals surface area contributed by atoms with Crippen molar-refractivity contribution < 1.29 is 0 Å². The van der Waals surface area contributed by atoms with Gasteiger partial charge in [0.15, 0.2) is 0 Å². The normalized spacial score (nSPS) is 16.4. The van der Waals surface area contributed by atoms with Gasteiger partial charge in [0.05, 0.1) is 12.4 Å². The SMILES string of the molecule is c1nncc2c1CCNC2. The molecule has 0 spiro atoms. The van der Waals surface area contributed by atoms with E-state index >= 15 is 0 Å². The Morgan fingerprint density at radius 2 is 2.00 bits per heavy atom. The minimum absolute atomic E-state index is 0.949. The van der Waals surface area contributed by atoms with Crippen molar-refractivity contribution in [2.75, 3.05) is 6.54 Å². The molecule has 3 nitrogen and oxygen atoms in total. The maximum atomic E-state index is 3.82. The summed E-state index contributed by atoms with van der Waals surface area (Å²) in [4.78, 5) is 0. The molecule has 1 N–H and O–H groups in total. The predicted octanol–water partition coefficient (Wildman–Crippen LogP) is 0.122. The fourth-order valence-corrected chi connectivity index (χ4v) is 1.20. The van der Waals surface area contributed by atoms with Gasteiger partial charge in [0.1, 0.15) is 0 Å². The lowest BCUT2D eigenvalue weighted by molar-refractivity contribution is 0.635. The van der Waals surface area contributed by atoms with Crippen LogP contribution >= 0.6 is 0 Å². The van der Waals surface area contributed by atoms with Gasteiger partial charge in [-0.05, 0) is 24.1 Å². The van der Waals surface area contributed by atoms with Crippen molar-refractivity contribution in [1.82, 2.24) is 15.5 Å². The lowest BCUT2D eigenvalue weighted by atomic mass is 10.1. The number of hydrogen-bond donors (Lipinski definition) is 1. The molecule has 0 unspecified atom stereocenters. The summed E-state index contributed by atoms with van der Waals surface area (Å²) in [5.41, 5.74) is 2.63. The van der Waals surface area contributed by atoms with Crippen LogP contribution in [0.5, 0.6) is 0 Å². The van der Waals surface area contributed by atoms with Crippen LogP contribution in [0.1, 0.15) is 11.1 Å². The summed E-state index contributed by atoms with van der Waals surface area (Å²) >= 11 is 0. The largest absolute Gasteiger partial charge is 0.312 e. The molecule has 0 aromatic carbocycles. The highest BCUT2D eigenvalue weighted by molar-refractivity contribution is 5.22. The van der Waals surface area contributed by atoms with E-state index in [1.54, 1.807) is 0 Å². The Balaban J connectivity index is 2.41. The Morgan fingerprint density at radius 3 is 2.80 bits per heavy atom. The predicted molar refractivity (Wildman–Crippen MR) is 37.4 cm³/mol. The zero-order chi connectivity index (χ0) is 6.81. The van der Waals surface area contributed by atoms with Crippen molar-refractivity contribution in [3.05, 3.63) is 23.5 Å². The quantitative estimate of drug-likeness (QED) is 0.549. The van der Waals surface area contributed by atoms with Crippen molar-refractivity contribution in [2.45, 2.75) is 13.0 Å². The van der Waals surface area contributed by atoms with Gasteiger partial charge in [-0.2, -0.15) is 10.2 Å². The Bertz CT molecular complexity index is 209. The van der Waals surface area contributed by atoms with Crippen LogP contribution in [-0.4, -0.2) is 16.7 Å². The number of rotatable bonds is 0. The maximum absolute atomic E-state index is 3.82. The Labute approximate surface area is 59.5 Å². The van der Waals surface area contributed by atoms with Gasteiger partial charge in [0, 0.05) is 6.54 Å². The number of nitrogens with zero attached hydrogens (tertiary/aromatic N) is 2. The van der Waals surface area contributed by atoms with E-state index in [4.69, 9.17) is 0 Å². The molecule has 0 saturated heterocycles. The van der Waals surface area contributed by atoms with Crippen LogP contribution in [0.25, 0.3) is 0 Å². The third-order valence-corrected chi connectivity index (χ3v) is 1.79. The van der Waals surface area contributed by atoms with Crippen LogP contribution in [0.3, 0.4) is 0 Å². The molecule has 1 aliphatic rings. The molecular formula is C7H9N3. The first-order chi connectivity index (χ1) is 4.97. The molecule has 0 amide bonds. The van der Waals surface area contributed by atoms with Crippen molar-refractivity contribution in [3.63, 3.8) is 0 Å². The minimum Gasteiger partial charge on any atom is -0.312 e. The fourth-order valence-electron chi connectivity index (χ4n) is 1.20. The fraction of sp³-hybridized carbons (Fsp3) is 0.429. The van der Waals surface area contributed by atoms with Crippen molar-refractivity contribution in [1.29, 1.82) is 0 Å². The van der Waals surface area contributed by atoms with Crippen molar-refractivity contribution in [2.24, 2.45) is 0 Å². The molecule has 1 aliphatic heterocycles. The summed E-state index contributed by atoms with van der Waals surface area (Å²) in [5.74, 6) is 0. The molecule has 0 aliphatic carbocycles. The van der Waals surface area contributed by atoms with E-state index in [0.29, 0.717) is 0 Å². The Hall–Kier alpha value is -0.960. The molecule has 1 aromatic heterocycles. The lowest BCUT2D eigenvalue weighted by Gasteiger charge is -2.14. The lowest BCUT2D eigenvalue weighted by Crippen LogP contribution is -2.23. The highest BCUT2D eigenvalue weighted by Gasteiger charge is 2.06. The highest BCUT2D eigenvalue weighted by Crippen LogP contribution is 2.08. The van der Waals surface area contributed by atoms with Crippen LogP contribution in [0.4, 0.5) is 0 Å². The van der Waals surface area contributed by atoms with Crippen LogP contribution in [0, 0.1) is 0 Å². The summed E-state index contributed by atoms with van der Waals surface area (Å²) < 4.78 is 0. The van der Waals surface area contributed by atoms with E-state index in [1.165, 1.54) is 11.1 Å². The molecule has 2 heterocycles. The molecular weight excluding hydrogens is 126 g/mol. The molecule has 0 fully saturated rings. The number of hydrogen-bond acceptors (Lipinski definition) is 3. The average molecular weight is 135 g/mol. The second-order valence-corrected chi connectivity index (χ2v) is 2.47. The zero-order valence-corrected chi connectivity index (χ0v) is 5.67. The van der Waals surface area contributed by atoms with Crippen LogP contribution < -0.4 is 5.32 Å². The number of aromatic nitrogens is 2. The van der Waals surface area contributed by atoms with Gasteiger partial charge < -0.3 is 5.32 Å². The third kappa shape index (κ3) is 0.885. The van der Waals surface area contributed by atoms with Crippen LogP contribution in [0.2, 0.25) is 0 Å². The van der Waals surface area contributed by atoms with E-state index in [9.17, 15) is 0 Å². The molecule has 0 bridgehead atoms. The second kappa shape index (κ2) is 2.34. The standard InChI is InChI=1S/C7H9N3/c1-2-8-3-7-5-10-9-4-6(1)7/h4-5,8H,1-3H2. The van der Waals surface area contributed by atoms with Crippen LogP contribution in [-0.2, 0) is 13.0 Å². The Kier molecular flexibility index (Phi) is 1.36. The molecule has 52 valence electrons. The first kappa shape index (κ1) is 5.80. The van der Waals surface area contributed by atoms with Gasteiger partial charge in [0.25, 0.3) is 0 Å². The molecule has 10 heavy (non-hydrogen) atoms. The van der Waals surface area contributed by atoms with Gasteiger partial charge in [0.2, 0.25) is 0 Å². The number of fused-ring (bicyclic) bond motifs is 1. The van der Waals surface area contributed by atoms with Crippen LogP contribution in [0.15, 0.2) is 12.4 Å². The van der Waals surface area contributed by atoms with Gasteiger partial charge in [-0.3, -0.25) is 0 Å². The topological polar surface area (TPSA) is 37.8 Å². The highest BCUT2D eigenvalue weighted by atomic mass is 15.1. The van der Waals surface area contributed by atoms with E-state index in [-0.39, 0.29) is 0 Å². The van der Waals surface area contributed by atoms with E-state index < -0.39 is 0 Å². The molecule has 0 radical (unpaired) electrons. The minimum atomic E-state index is 0.949. The van der Waals surface area contributed by atoms with Gasteiger partial charge >= 0.3 is 0 Å². The Morgan fingerprint density at radius 1 is 1.20 bits per heavy atom. The summed E-state index contributed by atoms with van der Waals surface area (Å²) in [6, 6.07) is 0.